The summed E-state index contributed by atoms with van der Waals surface area (Å²) in [6.07, 6.45) is 5.81. The van der Waals surface area contributed by atoms with Gasteiger partial charge in [0.05, 0.1) is 11.6 Å². The fourth-order valence-electron chi connectivity index (χ4n) is 3.12. The number of nitriles is 1. The zero-order valence-electron chi connectivity index (χ0n) is 12.4. The van der Waals surface area contributed by atoms with Crippen molar-refractivity contribution in [1.29, 1.82) is 5.26 Å². The van der Waals surface area contributed by atoms with Gasteiger partial charge in [0.25, 0.3) is 0 Å². The number of halogens is 2. The van der Waals surface area contributed by atoms with Gasteiger partial charge >= 0.3 is 0 Å². The van der Waals surface area contributed by atoms with Crippen LogP contribution in [0, 0.1) is 23.2 Å². The van der Waals surface area contributed by atoms with E-state index >= 15 is 0 Å². The molecule has 0 heterocycles. The summed E-state index contributed by atoms with van der Waals surface area (Å²) < 4.78 is 28.5. The van der Waals surface area contributed by atoms with Gasteiger partial charge in [-0.05, 0) is 43.7 Å². The second kappa shape index (κ2) is 7.36. The first kappa shape index (κ1) is 15.7. The second-order valence-electron chi connectivity index (χ2n) is 5.86. The third-order valence-electron chi connectivity index (χ3n) is 4.38. The van der Waals surface area contributed by atoms with E-state index in [2.05, 4.69) is 6.92 Å². The van der Waals surface area contributed by atoms with Crippen LogP contribution in [-0.4, -0.2) is 0 Å². The molecule has 1 aliphatic carbocycles. The molecule has 112 valence electrons. The number of hydrogen-bond donors (Lipinski definition) is 0. The Balaban J connectivity index is 2.06. The van der Waals surface area contributed by atoms with Crippen LogP contribution in [0.1, 0.15) is 56.6 Å². The number of rotatable bonds is 4. The Morgan fingerprint density at radius 1 is 1.14 bits per heavy atom. The molecule has 1 aliphatic rings. The van der Waals surface area contributed by atoms with E-state index in [-0.39, 0.29) is 11.5 Å². The predicted molar refractivity (Wildman–Crippen MR) is 80.6 cm³/mol. The molecule has 1 fully saturated rings. The van der Waals surface area contributed by atoms with Gasteiger partial charge in [0.2, 0.25) is 0 Å². The highest BCUT2D eigenvalue weighted by Crippen LogP contribution is 2.38. The zero-order chi connectivity index (χ0) is 15.2. The van der Waals surface area contributed by atoms with Crippen LogP contribution >= 0.6 is 0 Å². The average molecular weight is 289 g/mol. The standard InChI is InChI=1S/C18H21F2N/c1-2-3-13-4-8-15(9-5-13)17(19)18(20)16-10-6-14(12-21)7-11-16/h6-7,10-11,13,15H,2-5,8-9H2,1H3/b18-17+/t13-,15-. The van der Waals surface area contributed by atoms with E-state index in [9.17, 15) is 8.78 Å². The van der Waals surface area contributed by atoms with Gasteiger partial charge in [0.1, 0.15) is 5.83 Å². The van der Waals surface area contributed by atoms with Gasteiger partial charge in [-0.15, -0.1) is 0 Å². The third-order valence-corrected chi connectivity index (χ3v) is 4.38. The summed E-state index contributed by atoms with van der Waals surface area (Å²) in [5, 5.41) is 8.72. The van der Waals surface area contributed by atoms with Crippen LogP contribution in [0.4, 0.5) is 8.78 Å². The maximum absolute atomic E-state index is 14.3. The van der Waals surface area contributed by atoms with E-state index in [0.717, 1.165) is 32.1 Å². The third kappa shape index (κ3) is 3.91. The van der Waals surface area contributed by atoms with Crippen molar-refractivity contribution in [2.45, 2.75) is 45.4 Å². The van der Waals surface area contributed by atoms with Crippen LogP contribution in [0.25, 0.3) is 5.83 Å². The Hall–Kier alpha value is -1.69. The van der Waals surface area contributed by atoms with Crippen molar-refractivity contribution in [2.24, 2.45) is 11.8 Å². The summed E-state index contributed by atoms with van der Waals surface area (Å²) in [5.41, 5.74) is 0.675. The first-order valence-corrected chi connectivity index (χ1v) is 7.71. The molecule has 0 atom stereocenters. The maximum atomic E-state index is 14.3. The monoisotopic (exact) mass is 289 g/mol. The van der Waals surface area contributed by atoms with Crippen molar-refractivity contribution in [1.82, 2.24) is 0 Å². The molecule has 0 unspecified atom stereocenters. The molecule has 0 aromatic heterocycles. The summed E-state index contributed by atoms with van der Waals surface area (Å²) in [5.74, 6) is -0.987. The van der Waals surface area contributed by atoms with Gasteiger partial charge in [0, 0.05) is 11.5 Å². The number of benzene rings is 1. The minimum atomic E-state index is -0.765. The van der Waals surface area contributed by atoms with Crippen LogP contribution in [-0.2, 0) is 0 Å². The van der Waals surface area contributed by atoms with Crippen molar-refractivity contribution in [3.05, 3.63) is 41.2 Å². The van der Waals surface area contributed by atoms with Crippen LogP contribution < -0.4 is 0 Å². The Labute approximate surface area is 125 Å². The van der Waals surface area contributed by atoms with Gasteiger partial charge in [-0.25, -0.2) is 8.78 Å². The largest absolute Gasteiger partial charge is 0.208 e. The topological polar surface area (TPSA) is 23.8 Å². The van der Waals surface area contributed by atoms with Gasteiger partial charge in [0.15, 0.2) is 5.83 Å². The van der Waals surface area contributed by atoms with Crippen LogP contribution in [0.15, 0.2) is 30.1 Å². The van der Waals surface area contributed by atoms with E-state index in [1.165, 1.54) is 30.7 Å². The number of allylic oxidation sites excluding steroid dienone is 1. The number of nitrogens with zero attached hydrogens (tertiary/aromatic N) is 1. The SMILES string of the molecule is CCC[C@H]1CC[C@H](/C(F)=C(\F)c2ccc(C#N)cc2)CC1. The summed E-state index contributed by atoms with van der Waals surface area (Å²) in [4.78, 5) is 0. The van der Waals surface area contributed by atoms with E-state index in [1.54, 1.807) is 0 Å². The van der Waals surface area contributed by atoms with Gasteiger partial charge in [-0.3, -0.25) is 0 Å². The molecule has 3 heteroatoms. The van der Waals surface area contributed by atoms with E-state index in [4.69, 9.17) is 5.26 Å². The van der Waals surface area contributed by atoms with Crippen molar-refractivity contribution < 1.29 is 8.78 Å². The molecular formula is C18H21F2N. The molecule has 1 saturated carbocycles. The molecule has 0 saturated heterocycles. The molecule has 0 aliphatic heterocycles. The van der Waals surface area contributed by atoms with Gasteiger partial charge in [-0.2, -0.15) is 5.26 Å². The molecular weight excluding hydrogens is 268 g/mol. The lowest BCUT2D eigenvalue weighted by atomic mass is 9.79. The van der Waals surface area contributed by atoms with E-state index < -0.39 is 11.7 Å². The highest BCUT2D eigenvalue weighted by atomic mass is 19.2. The smallest absolute Gasteiger partial charge is 0.162 e. The average Bonchev–Trinajstić information content (AvgIpc) is 2.54. The summed E-state index contributed by atoms with van der Waals surface area (Å²) in [7, 11) is 0. The molecule has 1 aromatic carbocycles. The lowest BCUT2D eigenvalue weighted by Gasteiger charge is -2.27. The molecule has 0 spiro atoms. The van der Waals surface area contributed by atoms with Crippen LogP contribution in [0.2, 0.25) is 0 Å². The maximum Gasteiger partial charge on any atom is 0.162 e. The fraction of sp³-hybridized carbons (Fsp3) is 0.500. The molecule has 0 N–H and O–H groups in total. The summed E-state index contributed by atoms with van der Waals surface area (Å²) in [6, 6.07) is 7.94. The Bertz CT molecular complexity index is 531. The molecule has 1 nitrogen and oxygen atoms in total. The van der Waals surface area contributed by atoms with Crippen LogP contribution in [0.3, 0.4) is 0 Å². The van der Waals surface area contributed by atoms with E-state index in [0.29, 0.717) is 11.5 Å². The van der Waals surface area contributed by atoms with Crippen molar-refractivity contribution in [3.63, 3.8) is 0 Å². The van der Waals surface area contributed by atoms with Crippen LogP contribution in [0.5, 0.6) is 0 Å². The highest BCUT2D eigenvalue weighted by Gasteiger charge is 2.26. The summed E-state index contributed by atoms with van der Waals surface area (Å²) in [6.45, 7) is 2.16. The highest BCUT2D eigenvalue weighted by molar-refractivity contribution is 5.62. The quantitative estimate of drug-likeness (QED) is 0.690. The van der Waals surface area contributed by atoms with Crippen molar-refractivity contribution >= 4 is 5.83 Å². The molecule has 2 rings (SSSR count). The second-order valence-corrected chi connectivity index (χ2v) is 5.86. The zero-order valence-corrected chi connectivity index (χ0v) is 12.4. The van der Waals surface area contributed by atoms with Crippen molar-refractivity contribution in [2.75, 3.05) is 0 Å². The Morgan fingerprint density at radius 3 is 2.29 bits per heavy atom. The first-order valence-electron chi connectivity index (χ1n) is 7.71. The minimum absolute atomic E-state index is 0.224. The molecule has 0 bridgehead atoms. The molecule has 1 aromatic rings. The lowest BCUT2D eigenvalue weighted by Crippen LogP contribution is -2.15. The Kier molecular flexibility index (Phi) is 5.50. The van der Waals surface area contributed by atoms with Gasteiger partial charge in [-0.1, -0.05) is 31.9 Å². The predicted octanol–water partition coefficient (Wildman–Crippen LogP) is 5.77. The fourth-order valence-corrected chi connectivity index (χ4v) is 3.12. The molecule has 0 amide bonds. The minimum Gasteiger partial charge on any atom is -0.208 e. The number of hydrogen-bond acceptors (Lipinski definition) is 1. The summed E-state index contributed by atoms with van der Waals surface area (Å²) >= 11 is 0. The van der Waals surface area contributed by atoms with E-state index in [1.807, 2.05) is 6.07 Å². The van der Waals surface area contributed by atoms with Gasteiger partial charge < -0.3 is 0 Å². The lowest BCUT2D eigenvalue weighted by molar-refractivity contribution is 0.261. The first-order chi connectivity index (χ1) is 10.2. The molecule has 21 heavy (non-hydrogen) atoms. The Morgan fingerprint density at radius 2 is 1.76 bits per heavy atom. The molecule has 0 radical (unpaired) electrons. The normalized spacial score (nSPS) is 23.3. The van der Waals surface area contributed by atoms with Crippen molar-refractivity contribution in [3.8, 4) is 6.07 Å².